The maximum absolute atomic E-state index is 12.4. The number of rotatable bonds is 4. The second-order valence-electron chi connectivity index (χ2n) is 8.48. The third-order valence-corrected chi connectivity index (χ3v) is 7.26. The van der Waals surface area contributed by atoms with E-state index in [1.807, 2.05) is 12.1 Å². The van der Waals surface area contributed by atoms with Crippen molar-refractivity contribution in [1.29, 1.82) is 0 Å². The first-order valence-corrected chi connectivity index (χ1v) is 10.5. The lowest BCUT2D eigenvalue weighted by Crippen LogP contribution is -2.53. The van der Waals surface area contributed by atoms with E-state index >= 15 is 0 Å². The van der Waals surface area contributed by atoms with Crippen molar-refractivity contribution in [2.75, 3.05) is 6.61 Å². The molecule has 4 nitrogen and oxygen atoms in total. The van der Waals surface area contributed by atoms with Gasteiger partial charge in [-0.05, 0) is 61.3 Å². The first kappa shape index (κ1) is 18.5. The van der Waals surface area contributed by atoms with Crippen LogP contribution in [0.15, 0.2) is 28.7 Å². The van der Waals surface area contributed by atoms with Crippen LogP contribution in [0.5, 0.6) is 0 Å². The summed E-state index contributed by atoms with van der Waals surface area (Å²) in [4.78, 5) is 12.4. The summed E-state index contributed by atoms with van der Waals surface area (Å²) in [5, 5.41) is 10.8. The SMILES string of the molecule is CC(C)[C@@H]1C[C@H]2O[C@@]2(COC(=O)c2ccc(Br)cc2)[C@@H]2[C@H]1CCC[C@@H]2O. The molecule has 4 rings (SSSR count). The van der Waals surface area contributed by atoms with Crippen molar-refractivity contribution in [1.82, 2.24) is 0 Å². The molecule has 2 saturated carbocycles. The lowest BCUT2D eigenvalue weighted by molar-refractivity contribution is -0.0660. The normalized spacial score (nSPS) is 38.4. The van der Waals surface area contributed by atoms with E-state index in [-0.39, 0.29) is 30.7 Å². The summed E-state index contributed by atoms with van der Waals surface area (Å²) in [6.45, 7) is 4.78. The largest absolute Gasteiger partial charge is 0.459 e. The van der Waals surface area contributed by atoms with Crippen molar-refractivity contribution in [2.24, 2.45) is 23.7 Å². The molecule has 1 aromatic rings. The summed E-state index contributed by atoms with van der Waals surface area (Å²) in [5.41, 5.74) is 0.0689. The second-order valence-corrected chi connectivity index (χ2v) is 9.39. The number of esters is 1. The van der Waals surface area contributed by atoms with Gasteiger partial charge in [0.15, 0.2) is 0 Å². The van der Waals surface area contributed by atoms with Crippen LogP contribution < -0.4 is 0 Å². The van der Waals surface area contributed by atoms with Gasteiger partial charge in [-0.3, -0.25) is 0 Å². The molecule has 0 bridgehead atoms. The van der Waals surface area contributed by atoms with Gasteiger partial charge in [-0.2, -0.15) is 0 Å². The van der Waals surface area contributed by atoms with E-state index in [9.17, 15) is 9.90 Å². The fraction of sp³-hybridized carbons (Fsp3) is 0.667. The number of epoxide rings is 1. The van der Waals surface area contributed by atoms with Gasteiger partial charge in [0.1, 0.15) is 12.2 Å². The maximum Gasteiger partial charge on any atom is 0.338 e. The molecule has 1 aromatic carbocycles. The standard InChI is InChI=1S/C21H27BrO4/c1-12(2)16-10-18-21(26-18,19-15(16)4-3-5-17(19)23)11-25-20(24)13-6-8-14(22)9-7-13/h6-9,12,15-19,23H,3-5,10-11H2,1-2H3/t15-,16-,17-,18+,19+,21+/m0/s1. The molecule has 0 aromatic heterocycles. The van der Waals surface area contributed by atoms with Crippen LogP contribution in [-0.4, -0.2) is 35.5 Å². The summed E-state index contributed by atoms with van der Waals surface area (Å²) < 4.78 is 12.7. The number of fused-ring (bicyclic) bond motifs is 3. The fourth-order valence-corrected chi connectivity index (χ4v) is 5.67. The molecule has 0 unspecified atom stereocenters. The maximum atomic E-state index is 12.4. The van der Waals surface area contributed by atoms with Crippen LogP contribution in [0, 0.1) is 23.7 Å². The van der Waals surface area contributed by atoms with Gasteiger partial charge in [0, 0.05) is 10.4 Å². The Kier molecular flexibility index (Phi) is 4.91. The summed E-state index contributed by atoms with van der Waals surface area (Å²) in [5.74, 6) is 1.39. The Morgan fingerprint density at radius 1 is 1.35 bits per heavy atom. The molecule has 6 atom stereocenters. The van der Waals surface area contributed by atoms with E-state index < -0.39 is 5.60 Å². The molecular weight excluding hydrogens is 396 g/mol. The molecule has 3 aliphatic rings. The van der Waals surface area contributed by atoms with Gasteiger partial charge in [-0.1, -0.05) is 36.2 Å². The van der Waals surface area contributed by atoms with Crippen LogP contribution in [-0.2, 0) is 9.47 Å². The third-order valence-electron chi connectivity index (χ3n) is 6.73. The Balaban J connectivity index is 1.49. The van der Waals surface area contributed by atoms with Crippen LogP contribution in [0.3, 0.4) is 0 Å². The molecule has 0 radical (unpaired) electrons. The van der Waals surface area contributed by atoms with Gasteiger partial charge < -0.3 is 14.6 Å². The lowest BCUT2D eigenvalue weighted by Gasteiger charge is -2.47. The van der Waals surface area contributed by atoms with Crippen molar-refractivity contribution in [3.63, 3.8) is 0 Å². The quantitative estimate of drug-likeness (QED) is 0.583. The number of halogens is 1. The van der Waals surface area contributed by atoms with Gasteiger partial charge in [-0.25, -0.2) is 4.79 Å². The molecule has 26 heavy (non-hydrogen) atoms. The zero-order valence-corrected chi connectivity index (χ0v) is 16.9. The van der Waals surface area contributed by atoms with Crippen LogP contribution >= 0.6 is 15.9 Å². The molecule has 0 amide bonds. The van der Waals surface area contributed by atoms with Crippen molar-refractivity contribution in [3.05, 3.63) is 34.3 Å². The second kappa shape index (κ2) is 6.92. The molecule has 0 spiro atoms. The first-order valence-electron chi connectivity index (χ1n) is 9.71. The number of carbonyl (C=O) groups excluding carboxylic acids is 1. The minimum atomic E-state index is -0.471. The van der Waals surface area contributed by atoms with Gasteiger partial charge in [0.05, 0.1) is 17.8 Å². The smallest absolute Gasteiger partial charge is 0.338 e. The van der Waals surface area contributed by atoms with Crippen molar-refractivity contribution < 1.29 is 19.4 Å². The Hall–Kier alpha value is -0.910. The van der Waals surface area contributed by atoms with Crippen LogP contribution in [0.25, 0.3) is 0 Å². The highest BCUT2D eigenvalue weighted by Gasteiger charge is 2.70. The summed E-state index contributed by atoms with van der Waals surface area (Å²) in [7, 11) is 0. The van der Waals surface area contributed by atoms with E-state index in [1.165, 1.54) is 0 Å². The molecule has 2 aliphatic carbocycles. The lowest BCUT2D eigenvalue weighted by atomic mass is 9.58. The van der Waals surface area contributed by atoms with Gasteiger partial charge in [0.25, 0.3) is 0 Å². The van der Waals surface area contributed by atoms with Gasteiger partial charge in [0.2, 0.25) is 0 Å². The summed E-state index contributed by atoms with van der Waals surface area (Å²) >= 11 is 3.37. The number of hydrogen-bond donors (Lipinski definition) is 1. The number of aliphatic hydroxyl groups is 1. The Morgan fingerprint density at radius 3 is 2.77 bits per heavy atom. The molecule has 142 valence electrons. The van der Waals surface area contributed by atoms with Crippen molar-refractivity contribution in [3.8, 4) is 0 Å². The van der Waals surface area contributed by atoms with E-state index in [0.717, 1.165) is 30.2 Å². The number of ether oxygens (including phenoxy) is 2. The summed E-state index contributed by atoms with van der Waals surface area (Å²) in [6.07, 6.45) is 3.81. The fourth-order valence-electron chi connectivity index (χ4n) is 5.41. The highest BCUT2D eigenvalue weighted by Crippen LogP contribution is 2.60. The summed E-state index contributed by atoms with van der Waals surface area (Å²) in [6, 6.07) is 7.17. The highest BCUT2D eigenvalue weighted by molar-refractivity contribution is 9.10. The molecule has 1 aliphatic heterocycles. The average Bonchev–Trinajstić information content (AvgIpc) is 3.34. The predicted octanol–water partition coefficient (Wildman–Crippen LogP) is 4.20. The topological polar surface area (TPSA) is 59.1 Å². The zero-order chi connectivity index (χ0) is 18.5. The Morgan fingerprint density at radius 2 is 2.08 bits per heavy atom. The van der Waals surface area contributed by atoms with E-state index in [2.05, 4.69) is 29.8 Å². The minimum Gasteiger partial charge on any atom is -0.459 e. The zero-order valence-electron chi connectivity index (χ0n) is 15.4. The van der Waals surface area contributed by atoms with Crippen LogP contribution in [0.4, 0.5) is 0 Å². The number of carbonyl (C=O) groups is 1. The van der Waals surface area contributed by atoms with Crippen LogP contribution in [0.1, 0.15) is 49.9 Å². The predicted molar refractivity (Wildman–Crippen MR) is 102 cm³/mol. The van der Waals surface area contributed by atoms with Crippen molar-refractivity contribution >= 4 is 21.9 Å². The molecule has 5 heteroatoms. The molecule has 3 fully saturated rings. The van der Waals surface area contributed by atoms with E-state index in [1.54, 1.807) is 12.1 Å². The molecule has 1 heterocycles. The Bertz CT molecular complexity index is 673. The van der Waals surface area contributed by atoms with E-state index in [0.29, 0.717) is 23.3 Å². The molecule has 1 N–H and O–H groups in total. The minimum absolute atomic E-state index is 0.0834. The van der Waals surface area contributed by atoms with Crippen molar-refractivity contribution in [2.45, 2.75) is 57.3 Å². The van der Waals surface area contributed by atoms with Gasteiger partial charge in [-0.15, -0.1) is 0 Å². The van der Waals surface area contributed by atoms with E-state index in [4.69, 9.17) is 9.47 Å². The third kappa shape index (κ3) is 3.12. The van der Waals surface area contributed by atoms with Crippen LogP contribution in [0.2, 0.25) is 0 Å². The number of benzene rings is 1. The number of aliphatic hydroxyl groups excluding tert-OH is 1. The molecular formula is C21H27BrO4. The number of hydrogen-bond acceptors (Lipinski definition) is 4. The monoisotopic (exact) mass is 422 g/mol. The first-order chi connectivity index (χ1) is 12.4. The van der Waals surface area contributed by atoms with Gasteiger partial charge >= 0.3 is 5.97 Å². The highest BCUT2D eigenvalue weighted by atomic mass is 79.9. The average molecular weight is 423 g/mol. The molecule has 1 saturated heterocycles. The Labute approximate surface area is 163 Å².